The normalized spacial score (nSPS) is 12.1. The molecule has 0 aliphatic heterocycles. The van der Waals surface area contributed by atoms with Crippen LogP contribution in [0.25, 0.3) is 21.5 Å². The summed E-state index contributed by atoms with van der Waals surface area (Å²) in [7, 11) is 0. The van der Waals surface area contributed by atoms with Gasteiger partial charge in [0, 0.05) is 42.2 Å². The van der Waals surface area contributed by atoms with Crippen molar-refractivity contribution in [2.75, 3.05) is 5.32 Å². The molecule has 154 valence electrons. The lowest BCUT2D eigenvalue weighted by molar-refractivity contribution is 0.483. The summed E-state index contributed by atoms with van der Waals surface area (Å²) in [5.74, 6) is 1.40. The number of fused-ring (bicyclic) bond motifs is 1. The van der Waals surface area contributed by atoms with Gasteiger partial charge in [0.2, 0.25) is 5.56 Å². The molecule has 3 heterocycles. The van der Waals surface area contributed by atoms with Crippen LogP contribution in [0.5, 0.6) is 11.5 Å². The van der Waals surface area contributed by atoms with E-state index in [0.29, 0.717) is 17.5 Å². The van der Waals surface area contributed by atoms with E-state index < -0.39 is 0 Å². The number of aromatic amines is 1. The fourth-order valence-corrected chi connectivity index (χ4v) is 4.28. The van der Waals surface area contributed by atoms with Crippen LogP contribution in [0.2, 0.25) is 0 Å². The number of H-pyrrole nitrogens is 1. The van der Waals surface area contributed by atoms with E-state index in [-0.39, 0.29) is 5.56 Å². The van der Waals surface area contributed by atoms with Gasteiger partial charge in [0.1, 0.15) is 11.5 Å². The second-order valence-electron chi connectivity index (χ2n) is 7.11. The zero-order valence-electron chi connectivity index (χ0n) is 17.0. The number of thiazole rings is 1. The minimum Gasteiger partial charge on any atom is -0.457 e. The Hall–Kier alpha value is -3.19. The smallest absolute Gasteiger partial charge is 0.248 e. The third kappa shape index (κ3) is 4.68. The van der Waals surface area contributed by atoms with Gasteiger partial charge in [0.15, 0.2) is 5.13 Å². The third-order valence-electron chi connectivity index (χ3n) is 4.86. The predicted molar refractivity (Wildman–Crippen MR) is 123 cm³/mol. The van der Waals surface area contributed by atoms with Crippen molar-refractivity contribution in [1.29, 1.82) is 0 Å². The molecule has 0 fully saturated rings. The van der Waals surface area contributed by atoms with Crippen molar-refractivity contribution in [3.8, 4) is 22.8 Å². The Morgan fingerprint density at radius 3 is 2.80 bits per heavy atom. The Labute approximate surface area is 179 Å². The zero-order valence-corrected chi connectivity index (χ0v) is 17.8. The maximum atomic E-state index is 11.6. The Morgan fingerprint density at radius 1 is 1.13 bits per heavy atom. The molecule has 4 rings (SSSR count). The summed E-state index contributed by atoms with van der Waals surface area (Å²) in [4.78, 5) is 23.2. The first-order valence-electron chi connectivity index (χ1n) is 10.1. The summed E-state index contributed by atoms with van der Waals surface area (Å²) >= 11 is 1.64. The van der Waals surface area contributed by atoms with E-state index >= 15 is 0 Å². The number of rotatable bonds is 8. The molecule has 0 bridgehead atoms. The molecule has 0 aliphatic carbocycles. The van der Waals surface area contributed by atoms with Gasteiger partial charge in [-0.05, 0) is 37.1 Å². The summed E-state index contributed by atoms with van der Waals surface area (Å²) < 4.78 is 7.14. The first kappa shape index (κ1) is 20.1. The summed E-state index contributed by atoms with van der Waals surface area (Å²) in [6, 6.07) is 13.3. The van der Waals surface area contributed by atoms with Crippen LogP contribution in [-0.2, 0) is 0 Å². The molecule has 0 radical (unpaired) electrons. The lowest BCUT2D eigenvalue weighted by atomic mass is 10.1. The Morgan fingerprint density at radius 2 is 2.00 bits per heavy atom. The van der Waals surface area contributed by atoms with Gasteiger partial charge in [-0.15, -0.1) is 0 Å². The molecule has 2 N–H and O–H groups in total. The largest absolute Gasteiger partial charge is 0.457 e. The van der Waals surface area contributed by atoms with Crippen LogP contribution >= 0.6 is 11.3 Å². The number of hydrogen-bond acceptors (Lipinski definition) is 6. The SMILES string of the molecule is CCCC(CC)Nc1nc2ccc(Oc3ccnc(-c4cc[nH]c(=O)c4)c3)cc2s1. The highest BCUT2D eigenvalue weighted by Gasteiger charge is 2.10. The highest BCUT2D eigenvalue weighted by molar-refractivity contribution is 7.22. The second-order valence-corrected chi connectivity index (χ2v) is 8.14. The molecule has 0 spiro atoms. The number of anilines is 1. The van der Waals surface area contributed by atoms with E-state index in [0.717, 1.165) is 45.9 Å². The van der Waals surface area contributed by atoms with Crippen molar-refractivity contribution in [2.45, 2.75) is 39.2 Å². The van der Waals surface area contributed by atoms with Gasteiger partial charge in [-0.3, -0.25) is 9.78 Å². The minimum atomic E-state index is -0.162. The summed E-state index contributed by atoms with van der Waals surface area (Å²) in [5.41, 5.74) is 2.23. The number of nitrogens with zero attached hydrogens (tertiary/aromatic N) is 2. The molecule has 6 nitrogen and oxygen atoms in total. The molecule has 1 atom stereocenters. The second kappa shape index (κ2) is 9.09. The van der Waals surface area contributed by atoms with Gasteiger partial charge in [0.25, 0.3) is 0 Å². The molecule has 4 aromatic rings. The number of nitrogens with one attached hydrogen (secondary N) is 2. The topological polar surface area (TPSA) is 79.9 Å². The van der Waals surface area contributed by atoms with Gasteiger partial charge in [-0.25, -0.2) is 4.98 Å². The molecule has 1 aromatic carbocycles. The summed E-state index contributed by atoms with van der Waals surface area (Å²) in [6.07, 6.45) is 6.66. The van der Waals surface area contributed by atoms with Gasteiger partial charge < -0.3 is 15.0 Å². The van der Waals surface area contributed by atoms with E-state index in [4.69, 9.17) is 9.72 Å². The summed E-state index contributed by atoms with van der Waals surface area (Å²) in [6.45, 7) is 4.40. The number of aromatic nitrogens is 3. The van der Waals surface area contributed by atoms with Crippen LogP contribution in [0, 0.1) is 0 Å². The highest BCUT2D eigenvalue weighted by atomic mass is 32.1. The van der Waals surface area contributed by atoms with Gasteiger partial charge in [-0.1, -0.05) is 31.6 Å². The van der Waals surface area contributed by atoms with E-state index in [1.165, 1.54) is 6.07 Å². The van der Waals surface area contributed by atoms with Gasteiger partial charge in [0.05, 0.1) is 15.9 Å². The van der Waals surface area contributed by atoms with Crippen LogP contribution in [-0.4, -0.2) is 21.0 Å². The van der Waals surface area contributed by atoms with Gasteiger partial charge in [-0.2, -0.15) is 0 Å². The lowest BCUT2D eigenvalue weighted by Gasteiger charge is -2.14. The van der Waals surface area contributed by atoms with Crippen LogP contribution < -0.4 is 15.6 Å². The number of ether oxygens (including phenoxy) is 1. The highest BCUT2D eigenvalue weighted by Crippen LogP contribution is 2.32. The zero-order chi connectivity index (χ0) is 20.9. The van der Waals surface area contributed by atoms with Crippen molar-refractivity contribution in [3.63, 3.8) is 0 Å². The quantitative estimate of drug-likeness (QED) is 0.375. The Balaban J connectivity index is 1.54. The molecule has 3 aromatic heterocycles. The number of benzene rings is 1. The van der Waals surface area contributed by atoms with Gasteiger partial charge >= 0.3 is 0 Å². The molecule has 30 heavy (non-hydrogen) atoms. The number of hydrogen-bond donors (Lipinski definition) is 2. The summed E-state index contributed by atoms with van der Waals surface area (Å²) in [5, 5.41) is 4.50. The molecular formula is C23H24N4O2S. The van der Waals surface area contributed by atoms with Crippen molar-refractivity contribution < 1.29 is 4.74 Å². The molecule has 7 heteroatoms. The van der Waals surface area contributed by atoms with Crippen LogP contribution in [0.1, 0.15) is 33.1 Å². The van der Waals surface area contributed by atoms with E-state index in [9.17, 15) is 4.79 Å². The first-order valence-corrected chi connectivity index (χ1v) is 11.0. The Kier molecular flexibility index (Phi) is 6.09. The number of pyridine rings is 2. The van der Waals surface area contributed by atoms with Crippen LogP contribution in [0.4, 0.5) is 5.13 Å². The maximum Gasteiger partial charge on any atom is 0.248 e. The van der Waals surface area contributed by atoms with E-state index in [1.807, 2.05) is 30.3 Å². The maximum absolute atomic E-state index is 11.6. The third-order valence-corrected chi connectivity index (χ3v) is 5.80. The standard InChI is InChI=1S/C23H24N4O2S/c1-3-5-16(4-2)26-23-27-19-7-6-17(14-21(19)30-23)29-18-9-11-24-20(13-18)15-8-10-25-22(28)12-15/h6-14,16H,3-5H2,1-2H3,(H,25,28)(H,26,27). The van der Waals surface area contributed by atoms with Crippen molar-refractivity contribution in [3.05, 3.63) is 65.2 Å². The molecule has 0 saturated carbocycles. The average molecular weight is 421 g/mol. The monoisotopic (exact) mass is 420 g/mol. The van der Waals surface area contributed by atoms with Crippen molar-refractivity contribution >= 4 is 26.7 Å². The molecule has 0 aliphatic rings. The minimum absolute atomic E-state index is 0.162. The average Bonchev–Trinajstić information content (AvgIpc) is 3.15. The fourth-order valence-electron chi connectivity index (χ4n) is 3.30. The molecule has 0 saturated heterocycles. The molecular weight excluding hydrogens is 396 g/mol. The van der Waals surface area contributed by atoms with Crippen molar-refractivity contribution in [2.24, 2.45) is 0 Å². The molecule has 1 unspecified atom stereocenters. The predicted octanol–water partition coefficient (Wildman–Crippen LogP) is 5.83. The van der Waals surface area contributed by atoms with Crippen LogP contribution in [0.3, 0.4) is 0 Å². The first-order chi connectivity index (χ1) is 14.6. The lowest BCUT2D eigenvalue weighted by Crippen LogP contribution is -2.17. The van der Waals surface area contributed by atoms with E-state index in [1.54, 1.807) is 29.8 Å². The Bertz CT molecular complexity index is 1200. The van der Waals surface area contributed by atoms with Crippen LogP contribution in [0.15, 0.2) is 59.7 Å². The fraction of sp³-hybridized carbons (Fsp3) is 0.261. The molecule has 0 amide bonds. The van der Waals surface area contributed by atoms with Crippen molar-refractivity contribution in [1.82, 2.24) is 15.0 Å². The van der Waals surface area contributed by atoms with E-state index in [2.05, 4.69) is 29.1 Å².